The summed E-state index contributed by atoms with van der Waals surface area (Å²) in [6, 6.07) is 17.9. The van der Waals surface area contributed by atoms with E-state index in [0.717, 1.165) is 22.3 Å². The molecule has 0 fully saturated rings. The van der Waals surface area contributed by atoms with E-state index < -0.39 is 0 Å². The molecule has 0 atom stereocenters. The lowest BCUT2D eigenvalue weighted by atomic mass is 10.0. The maximum absolute atomic E-state index is 6.22. The van der Waals surface area contributed by atoms with Crippen LogP contribution in [0.15, 0.2) is 66.2 Å². The zero-order valence-electron chi connectivity index (χ0n) is 10.9. The van der Waals surface area contributed by atoms with Crippen molar-refractivity contribution in [2.45, 2.75) is 13.5 Å². The Balaban J connectivity index is 2.21. The molecular formula is C17H16ClN. The number of halogens is 1. The lowest BCUT2D eigenvalue weighted by Crippen LogP contribution is -1.94. The normalized spacial score (nSPS) is 11.4. The van der Waals surface area contributed by atoms with Crippen molar-refractivity contribution < 1.29 is 0 Å². The molecule has 0 heterocycles. The van der Waals surface area contributed by atoms with Gasteiger partial charge in [0.15, 0.2) is 0 Å². The lowest BCUT2D eigenvalue weighted by Gasteiger charge is -2.07. The van der Waals surface area contributed by atoms with Gasteiger partial charge in [-0.1, -0.05) is 78.4 Å². The summed E-state index contributed by atoms with van der Waals surface area (Å²) < 4.78 is 0. The predicted octanol–water partition coefficient (Wildman–Crippen LogP) is 4.91. The minimum Gasteiger partial charge on any atom is -0.268 e. The Morgan fingerprint density at radius 1 is 1.05 bits per heavy atom. The average Bonchev–Trinajstić information content (AvgIpc) is 2.46. The summed E-state index contributed by atoms with van der Waals surface area (Å²) >= 11 is 6.22. The number of aliphatic imine (C=N–C) groups is 1. The van der Waals surface area contributed by atoms with Crippen molar-refractivity contribution in [2.75, 3.05) is 0 Å². The van der Waals surface area contributed by atoms with Crippen molar-refractivity contribution in [2.24, 2.45) is 4.99 Å². The number of allylic oxidation sites excluding steroid dienone is 1. The van der Waals surface area contributed by atoms with Gasteiger partial charge in [0.25, 0.3) is 0 Å². The fourth-order valence-electron chi connectivity index (χ4n) is 1.90. The molecule has 0 saturated carbocycles. The molecule has 0 aliphatic heterocycles. The van der Waals surface area contributed by atoms with Crippen LogP contribution >= 0.6 is 11.6 Å². The zero-order chi connectivity index (χ0) is 13.7. The van der Waals surface area contributed by atoms with Gasteiger partial charge >= 0.3 is 0 Å². The predicted molar refractivity (Wildman–Crippen MR) is 83.7 cm³/mol. The zero-order valence-corrected chi connectivity index (χ0v) is 11.7. The van der Waals surface area contributed by atoms with Gasteiger partial charge in [-0.15, -0.1) is 0 Å². The Morgan fingerprint density at radius 2 is 1.68 bits per heavy atom. The third-order valence-corrected chi connectivity index (χ3v) is 3.22. The summed E-state index contributed by atoms with van der Waals surface area (Å²) in [5.74, 6) is 0. The highest BCUT2D eigenvalue weighted by Crippen LogP contribution is 2.18. The molecule has 0 bridgehead atoms. The van der Waals surface area contributed by atoms with E-state index in [4.69, 9.17) is 11.6 Å². The highest BCUT2D eigenvalue weighted by Gasteiger charge is 2.03. The fourth-order valence-corrected chi connectivity index (χ4v) is 2.08. The first kappa shape index (κ1) is 13.6. The molecule has 0 saturated heterocycles. The fraction of sp³-hybridized carbons (Fsp3) is 0.118. The molecule has 0 N–H and O–H groups in total. The molecule has 0 aliphatic rings. The minimum absolute atomic E-state index is 0.539. The van der Waals surface area contributed by atoms with Crippen LogP contribution in [0.1, 0.15) is 23.6 Å². The molecule has 2 heteroatoms. The summed E-state index contributed by atoms with van der Waals surface area (Å²) in [4.78, 5) is 4.45. The van der Waals surface area contributed by atoms with Gasteiger partial charge in [-0.2, -0.15) is 0 Å². The number of hydrogen-bond donors (Lipinski definition) is 0. The minimum atomic E-state index is 0.539. The first-order valence-corrected chi connectivity index (χ1v) is 6.55. The standard InChI is InChI=1S/C17H16ClN/c1-13(2)16-11-7-6-10-15(16)12-19-17(18)14-8-4-3-5-9-14/h3-11H,1,12H2,2H3. The summed E-state index contributed by atoms with van der Waals surface area (Å²) in [7, 11) is 0. The molecule has 2 aromatic rings. The van der Waals surface area contributed by atoms with E-state index in [0.29, 0.717) is 11.7 Å². The summed E-state index contributed by atoms with van der Waals surface area (Å²) in [5.41, 5.74) is 4.27. The Kier molecular flexibility index (Phi) is 4.53. The highest BCUT2D eigenvalue weighted by atomic mass is 35.5. The maximum atomic E-state index is 6.22. The third kappa shape index (κ3) is 3.55. The summed E-state index contributed by atoms with van der Waals surface area (Å²) in [6.07, 6.45) is 0. The van der Waals surface area contributed by atoms with Gasteiger partial charge in [0, 0.05) is 5.56 Å². The van der Waals surface area contributed by atoms with Gasteiger partial charge in [-0.05, 0) is 18.1 Å². The van der Waals surface area contributed by atoms with Crippen molar-refractivity contribution in [1.82, 2.24) is 0 Å². The van der Waals surface area contributed by atoms with Crippen LogP contribution in [0.4, 0.5) is 0 Å². The maximum Gasteiger partial charge on any atom is 0.131 e. The Hall–Kier alpha value is -1.86. The smallest absolute Gasteiger partial charge is 0.131 e. The van der Waals surface area contributed by atoms with Crippen LogP contribution in [0.2, 0.25) is 0 Å². The van der Waals surface area contributed by atoms with Gasteiger partial charge in [0.05, 0.1) is 6.54 Å². The van der Waals surface area contributed by atoms with Crippen LogP contribution in [-0.2, 0) is 6.54 Å². The third-order valence-electron chi connectivity index (χ3n) is 2.88. The van der Waals surface area contributed by atoms with Crippen LogP contribution in [0.25, 0.3) is 5.57 Å². The van der Waals surface area contributed by atoms with Crippen LogP contribution in [0, 0.1) is 0 Å². The Morgan fingerprint density at radius 3 is 2.37 bits per heavy atom. The second-order valence-corrected chi connectivity index (χ2v) is 4.77. The molecule has 96 valence electrons. The molecule has 0 unspecified atom stereocenters. The van der Waals surface area contributed by atoms with Crippen molar-refractivity contribution in [3.05, 3.63) is 77.9 Å². The highest BCUT2D eigenvalue weighted by molar-refractivity contribution is 6.69. The molecule has 2 rings (SSSR count). The van der Waals surface area contributed by atoms with Crippen LogP contribution in [0.5, 0.6) is 0 Å². The Bertz CT molecular complexity index is 600. The quantitative estimate of drug-likeness (QED) is 0.700. The number of benzene rings is 2. The number of hydrogen-bond acceptors (Lipinski definition) is 1. The van der Waals surface area contributed by atoms with Gasteiger partial charge < -0.3 is 0 Å². The topological polar surface area (TPSA) is 12.4 Å². The number of nitrogens with zero attached hydrogens (tertiary/aromatic N) is 1. The van der Waals surface area contributed by atoms with E-state index in [2.05, 4.69) is 23.7 Å². The summed E-state index contributed by atoms with van der Waals surface area (Å²) in [5, 5.41) is 0.539. The molecule has 0 aliphatic carbocycles. The summed E-state index contributed by atoms with van der Waals surface area (Å²) in [6.45, 7) is 6.56. The molecule has 0 radical (unpaired) electrons. The van der Waals surface area contributed by atoms with E-state index in [-0.39, 0.29) is 0 Å². The second-order valence-electron chi connectivity index (χ2n) is 4.41. The molecule has 0 spiro atoms. The van der Waals surface area contributed by atoms with Crippen LogP contribution in [-0.4, -0.2) is 5.17 Å². The van der Waals surface area contributed by atoms with Crippen molar-refractivity contribution >= 4 is 22.3 Å². The van der Waals surface area contributed by atoms with E-state index in [9.17, 15) is 0 Å². The van der Waals surface area contributed by atoms with E-state index in [1.165, 1.54) is 0 Å². The number of rotatable bonds is 4. The van der Waals surface area contributed by atoms with Crippen LogP contribution in [0.3, 0.4) is 0 Å². The van der Waals surface area contributed by atoms with Gasteiger partial charge in [-0.3, -0.25) is 4.99 Å². The lowest BCUT2D eigenvalue weighted by molar-refractivity contribution is 1.07. The average molecular weight is 270 g/mol. The van der Waals surface area contributed by atoms with Crippen molar-refractivity contribution in [3.63, 3.8) is 0 Å². The SMILES string of the molecule is C=C(C)c1ccccc1CN=C(Cl)c1ccccc1. The van der Waals surface area contributed by atoms with Crippen molar-refractivity contribution in [1.29, 1.82) is 0 Å². The molecule has 1 nitrogen and oxygen atoms in total. The molecular weight excluding hydrogens is 254 g/mol. The molecule has 0 amide bonds. The first-order valence-electron chi connectivity index (χ1n) is 6.17. The van der Waals surface area contributed by atoms with Gasteiger partial charge in [0.1, 0.15) is 5.17 Å². The van der Waals surface area contributed by atoms with E-state index in [1.54, 1.807) is 0 Å². The van der Waals surface area contributed by atoms with E-state index in [1.807, 2.05) is 49.4 Å². The monoisotopic (exact) mass is 269 g/mol. The van der Waals surface area contributed by atoms with E-state index >= 15 is 0 Å². The van der Waals surface area contributed by atoms with Gasteiger partial charge in [-0.25, -0.2) is 0 Å². The second kappa shape index (κ2) is 6.35. The molecule has 2 aromatic carbocycles. The van der Waals surface area contributed by atoms with Crippen molar-refractivity contribution in [3.8, 4) is 0 Å². The molecule has 0 aromatic heterocycles. The van der Waals surface area contributed by atoms with Crippen LogP contribution < -0.4 is 0 Å². The first-order chi connectivity index (χ1) is 9.18. The Labute approximate surface area is 119 Å². The molecule has 19 heavy (non-hydrogen) atoms. The largest absolute Gasteiger partial charge is 0.268 e. The van der Waals surface area contributed by atoms with Gasteiger partial charge in [0.2, 0.25) is 0 Å².